The van der Waals surface area contributed by atoms with Crippen LogP contribution in [0.3, 0.4) is 0 Å². The fraction of sp³-hybridized carbons (Fsp3) is 0.278. The number of anilines is 1. The van der Waals surface area contributed by atoms with Crippen molar-refractivity contribution in [3.05, 3.63) is 59.9 Å². The van der Waals surface area contributed by atoms with Crippen molar-refractivity contribution in [2.45, 2.75) is 32.9 Å². The van der Waals surface area contributed by atoms with Crippen LogP contribution in [0, 0.1) is 0 Å². The van der Waals surface area contributed by atoms with Gasteiger partial charge in [-0.15, -0.1) is 0 Å². The predicted octanol–water partition coefficient (Wildman–Crippen LogP) is 2.93. The van der Waals surface area contributed by atoms with E-state index in [0.29, 0.717) is 17.8 Å². The van der Waals surface area contributed by atoms with Gasteiger partial charge in [-0.1, -0.05) is 6.92 Å². The quantitative estimate of drug-likeness (QED) is 0.763. The molecular weight excluding hydrogens is 304 g/mol. The molecule has 1 atom stereocenters. The van der Waals surface area contributed by atoms with Crippen molar-refractivity contribution < 1.29 is 9.59 Å². The number of hydrogen-bond acceptors (Lipinski definition) is 3. The second-order valence-corrected chi connectivity index (χ2v) is 5.52. The first kappa shape index (κ1) is 17.5. The van der Waals surface area contributed by atoms with Crippen LogP contribution < -0.4 is 16.0 Å². The number of benzene rings is 1. The zero-order valence-electron chi connectivity index (χ0n) is 13.9. The van der Waals surface area contributed by atoms with Gasteiger partial charge in [0.1, 0.15) is 0 Å². The third-order valence-electron chi connectivity index (χ3n) is 3.60. The molecule has 0 aliphatic heterocycles. The predicted molar refractivity (Wildman–Crippen MR) is 93.8 cm³/mol. The number of urea groups is 1. The van der Waals surface area contributed by atoms with Crippen LogP contribution >= 0.6 is 0 Å². The number of amides is 3. The van der Waals surface area contributed by atoms with Crippen LogP contribution in [0.2, 0.25) is 0 Å². The molecule has 0 saturated heterocycles. The van der Waals surface area contributed by atoms with E-state index in [1.165, 1.54) is 0 Å². The number of nitrogens with one attached hydrogen (secondary N) is 3. The summed E-state index contributed by atoms with van der Waals surface area (Å²) in [7, 11) is 0. The van der Waals surface area contributed by atoms with Crippen molar-refractivity contribution in [3.63, 3.8) is 0 Å². The lowest BCUT2D eigenvalue weighted by atomic mass is 10.1. The molecule has 6 nitrogen and oxygen atoms in total. The fourth-order valence-electron chi connectivity index (χ4n) is 1.97. The highest BCUT2D eigenvalue weighted by Crippen LogP contribution is 2.10. The zero-order valence-corrected chi connectivity index (χ0v) is 13.9. The van der Waals surface area contributed by atoms with Gasteiger partial charge in [-0.05, 0) is 55.3 Å². The van der Waals surface area contributed by atoms with E-state index in [-0.39, 0.29) is 18.0 Å². The number of nitrogens with zero attached hydrogens (tertiary/aromatic N) is 1. The molecule has 3 N–H and O–H groups in total. The Kier molecular flexibility index (Phi) is 6.31. The topological polar surface area (TPSA) is 83.1 Å². The Morgan fingerprint density at radius 1 is 1.08 bits per heavy atom. The summed E-state index contributed by atoms with van der Waals surface area (Å²) in [6.07, 6.45) is 4.24. The molecule has 1 unspecified atom stereocenters. The standard InChI is InChI=1S/C18H22N4O2/c1-3-13(2)21-17(23)15-4-6-16(7-5-15)22-18(24)20-12-14-8-10-19-11-9-14/h4-11,13H,3,12H2,1-2H3,(H,21,23)(H2,20,22,24). The van der Waals surface area contributed by atoms with Crippen LogP contribution in [-0.4, -0.2) is 23.0 Å². The summed E-state index contributed by atoms with van der Waals surface area (Å²) in [5, 5.41) is 8.40. The SMILES string of the molecule is CCC(C)NC(=O)c1ccc(NC(=O)NCc2ccncc2)cc1. The van der Waals surface area contributed by atoms with E-state index >= 15 is 0 Å². The van der Waals surface area contributed by atoms with Crippen LogP contribution in [0.5, 0.6) is 0 Å². The summed E-state index contributed by atoms with van der Waals surface area (Å²) in [5.74, 6) is -0.113. The summed E-state index contributed by atoms with van der Waals surface area (Å²) in [5.41, 5.74) is 2.16. The smallest absolute Gasteiger partial charge is 0.319 e. The van der Waals surface area contributed by atoms with Gasteiger partial charge in [0.25, 0.3) is 5.91 Å². The first-order valence-electron chi connectivity index (χ1n) is 7.93. The zero-order chi connectivity index (χ0) is 17.4. The molecule has 0 radical (unpaired) electrons. The van der Waals surface area contributed by atoms with E-state index in [2.05, 4.69) is 20.9 Å². The van der Waals surface area contributed by atoms with Crippen LogP contribution in [-0.2, 0) is 6.54 Å². The molecule has 0 fully saturated rings. The average molecular weight is 326 g/mol. The molecule has 126 valence electrons. The molecule has 0 spiro atoms. The molecular formula is C18H22N4O2. The number of aromatic nitrogens is 1. The number of carbonyl (C=O) groups excluding carboxylic acids is 2. The van der Waals surface area contributed by atoms with Gasteiger partial charge >= 0.3 is 6.03 Å². The van der Waals surface area contributed by atoms with Crippen LogP contribution in [0.4, 0.5) is 10.5 Å². The molecule has 3 amide bonds. The van der Waals surface area contributed by atoms with Gasteiger partial charge in [-0.3, -0.25) is 9.78 Å². The first-order valence-corrected chi connectivity index (χ1v) is 7.93. The Morgan fingerprint density at radius 3 is 2.38 bits per heavy atom. The minimum Gasteiger partial charge on any atom is -0.350 e. The van der Waals surface area contributed by atoms with Crippen molar-refractivity contribution in [2.75, 3.05) is 5.32 Å². The van der Waals surface area contributed by atoms with Crippen molar-refractivity contribution in [2.24, 2.45) is 0 Å². The maximum absolute atomic E-state index is 12.0. The van der Waals surface area contributed by atoms with Gasteiger partial charge in [0, 0.05) is 36.2 Å². The Hall–Kier alpha value is -2.89. The normalized spacial score (nSPS) is 11.4. The largest absolute Gasteiger partial charge is 0.350 e. The Labute approximate surface area is 141 Å². The summed E-state index contributed by atoms with van der Waals surface area (Å²) < 4.78 is 0. The lowest BCUT2D eigenvalue weighted by Crippen LogP contribution is -2.32. The molecule has 2 aromatic rings. The fourth-order valence-corrected chi connectivity index (χ4v) is 1.97. The maximum atomic E-state index is 12.0. The van der Waals surface area contributed by atoms with Crippen LogP contribution in [0.1, 0.15) is 36.2 Å². The van der Waals surface area contributed by atoms with E-state index in [0.717, 1.165) is 12.0 Å². The molecule has 0 bridgehead atoms. The van der Waals surface area contributed by atoms with E-state index in [1.54, 1.807) is 36.7 Å². The number of hydrogen-bond donors (Lipinski definition) is 3. The van der Waals surface area contributed by atoms with Crippen molar-refractivity contribution in [1.29, 1.82) is 0 Å². The molecule has 2 rings (SSSR count). The molecule has 6 heteroatoms. The first-order chi connectivity index (χ1) is 11.6. The lowest BCUT2D eigenvalue weighted by Gasteiger charge is -2.12. The van der Waals surface area contributed by atoms with Crippen LogP contribution in [0.15, 0.2) is 48.8 Å². The van der Waals surface area contributed by atoms with E-state index in [1.807, 2.05) is 26.0 Å². The third kappa shape index (κ3) is 5.39. The average Bonchev–Trinajstić information content (AvgIpc) is 2.61. The Bertz CT molecular complexity index is 671. The van der Waals surface area contributed by atoms with Gasteiger partial charge in [0.05, 0.1) is 0 Å². The van der Waals surface area contributed by atoms with E-state index in [9.17, 15) is 9.59 Å². The van der Waals surface area contributed by atoms with Crippen molar-refractivity contribution in [3.8, 4) is 0 Å². The molecule has 0 aliphatic carbocycles. The highest BCUT2D eigenvalue weighted by molar-refractivity contribution is 5.95. The number of carbonyl (C=O) groups is 2. The highest BCUT2D eigenvalue weighted by atomic mass is 16.2. The third-order valence-corrected chi connectivity index (χ3v) is 3.60. The van der Waals surface area contributed by atoms with Crippen molar-refractivity contribution >= 4 is 17.6 Å². The van der Waals surface area contributed by atoms with E-state index < -0.39 is 0 Å². The molecule has 0 saturated carbocycles. The van der Waals surface area contributed by atoms with Gasteiger partial charge in [-0.25, -0.2) is 4.79 Å². The maximum Gasteiger partial charge on any atom is 0.319 e. The van der Waals surface area contributed by atoms with E-state index in [4.69, 9.17) is 0 Å². The van der Waals surface area contributed by atoms with Gasteiger partial charge in [0.2, 0.25) is 0 Å². The second kappa shape index (κ2) is 8.67. The number of rotatable bonds is 6. The monoisotopic (exact) mass is 326 g/mol. The summed E-state index contributed by atoms with van der Waals surface area (Å²) in [6.45, 7) is 4.40. The van der Waals surface area contributed by atoms with Gasteiger partial charge in [0.15, 0.2) is 0 Å². The highest BCUT2D eigenvalue weighted by Gasteiger charge is 2.08. The summed E-state index contributed by atoms with van der Waals surface area (Å²) in [6, 6.07) is 10.3. The minimum absolute atomic E-state index is 0.113. The van der Waals surface area contributed by atoms with Gasteiger partial charge < -0.3 is 16.0 Å². The molecule has 1 aromatic heterocycles. The summed E-state index contributed by atoms with van der Waals surface area (Å²) in [4.78, 5) is 27.8. The van der Waals surface area contributed by atoms with Gasteiger partial charge in [-0.2, -0.15) is 0 Å². The lowest BCUT2D eigenvalue weighted by molar-refractivity contribution is 0.0939. The minimum atomic E-state index is -0.302. The summed E-state index contributed by atoms with van der Waals surface area (Å²) >= 11 is 0. The van der Waals surface area contributed by atoms with Crippen LogP contribution in [0.25, 0.3) is 0 Å². The van der Waals surface area contributed by atoms with Crippen molar-refractivity contribution in [1.82, 2.24) is 15.6 Å². The Morgan fingerprint density at radius 2 is 1.75 bits per heavy atom. The number of pyridine rings is 1. The second-order valence-electron chi connectivity index (χ2n) is 5.52. The molecule has 24 heavy (non-hydrogen) atoms. The molecule has 1 heterocycles. The molecule has 1 aromatic carbocycles. The Balaban J connectivity index is 1.84. The molecule has 0 aliphatic rings.